The van der Waals surface area contributed by atoms with Crippen molar-refractivity contribution < 1.29 is 4.92 Å². The van der Waals surface area contributed by atoms with E-state index in [9.17, 15) is 14.9 Å². The first-order valence-electron chi connectivity index (χ1n) is 4.44. The largest absolute Gasteiger partial charge is 0.337 e. The van der Waals surface area contributed by atoms with Crippen LogP contribution in [-0.4, -0.2) is 16.5 Å². The first kappa shape index (κ1) is 12.3. The SMILES string of the molecule is Cc1c(C#CCN=[N+]=[N-])c[nH]c(=O)c1[N+](=O)[O-]. The van der Waals surface area contributed by atoms with E-state index in [4.69, 9.17) is 5.53 Å². The summed E-state index contributed by atoms with van der Waals surface area (Å²) in [5.74, 6) is 5.09. The lowest BCUT2D eigenvalue weighted by atomic mass is 10.1. The van der Waals surface area contributed by atoms with Crippen LogP contribution in [0.4, 0.5) is 5.69 Å². The average Bonchev–Trinajstić information content (AvgIpc) is 2.26. The van der Waals surface area contributed by atoms with Crippen LogP contribution in [0.2, 0.25) is 0 Å². The van der Waals surface area contributed by atoms with E-state index in [1.165, 1.54) is 13.1 Å². The van der Waals surface area contributed by atoms with Crippen molar-refractivity contribution in [3.8, 4) is 11.8 Å². The van der Waals surface area contributed by atoms with Gasteiger partial charge in [0, 0.05) is 16.7 Å². The maximum Gasteiger partial charge on any atom is 0.337 e. The Bertz CT molecular complexity index is 616. The number of azide groups is 1. The molecule has 17 heavy (non-hydrogen) atoms. The molecule has 0 bridgehead atoms. The lowest BCUT2D eigenvalue weighted by Gasteiger charge is -1.98. The fraction of sp³-hybridized carbons (Fsp3) is 0.222. The molecule has 0 atom stereocenters. The third-order valence-corrected chi connectivity index (χ3v) is 1.94. The van der Waals surface area contributed by atoms with Crippen molar-refractivity contribution in [1.29, 1.82) is 0 Å². The van der Waals surface area contributed by atoms with Crippen LogP contribution in [0, 0.1) is 28.9 Å². The molecule has 0 aliphatic heterocycles. The summed E-state index contributed by atoms with van der Waals surface area (Å²) in [5.41, 5.74) is 7.24. The van der Waals surface area contributed by atoms with Crippen LogP contribution in [0.25, 0.3) is 10.4 Å². The number of H-pyrrole nitrogens is 1. The summed E-state index contributed by atoms with van der Waals surface area (Å²) < 4.78 is 0. The van der Waals surface area contributed by atoms with Gasteiger partial charge in [0.05, 0.1) is 17.0 Å². The summed E-state index contributed by atoms with van der Waals surface area (Å²) in [7, 11) is 0. The van der Waals surface area contributed by atoms with E-state index >= 15 is 0 Å². The van der Waals surface area contributed by atoms with Crippen molar-refractivity contribution in [3.63, 3.8) is 0 Å². The van der Waals surface area contributed by atoms with E-state index in [1.807, 2.05) is 0 Å². The molecule has 8 nitrogen and oxygen atoms in total. The summed E-state index contributed by atoms with van der Waals surface area (Å²) in [6.45, 7) is 1.40. The van der Waals surface area contributed by atoms with Crippen LogP contribution in [0.3, 0.4) is 0 Å². The van der Waals surface area contributed by atoms with Gasteiger partial charge in [-0.05, 0) is 12.5 Å². The van der Waals surface area contributed by atoms with E-state index in [0.29, 0.717) is 5.56 Å². The predicted octanol–water partition coefficient (Wildman–Crippen LogP) is 1.25. The van der Waals surface area contributed by atoms with Crippen LogP contribution in [0.5, 0.6) is 0 Å². The highest BCUT2D eigenvalue weighted by molar-refractivity contribution is 5.49. The molecule has 1 aromatic rings. The first-order valence-corrected chi connectivity index (χ1v) is 4.44. The summed E-state index contributed by atoms with van der Waals surface area (Å²) in [4.78, 5) is 25.8. The zero-order valence-electron chi connectivity index (χ0n) is 8.80. The topological polar surface area (TPSA) is 125 Å². The van der Waals surface area contributed by atoms with E-state index < -0.39 is 16.2 Å². The van der Waals surface area contributed by atoms with E-state index in [2.05, 4.69) is 26.9 Å². The number of nitrogens with zero attached hydrogens (tertiary/aromatic N) is 4. The molecule has 0 saturated carbocycles. The average molecular weight is 233 g/mol. The lowest BCUT2D eigenvalue weighted by Crippen LogP contribution is -2.13. The second-order valence-electron chi connectivity index (χ2n) is 2.95. The summed E-state index contributed by atoms with van der Waals surface area (Å²) in [6.07, 6.45) is 1.29. The maximum absolute atomic E-state index is 11.2. The molecule has 1 aromatic heterocycles. The zero-order valence-corrected chi connectivity index (χ0v) is 8.80. The van der Waals surface area contributed by atoms with Crippen LogP contribution in [0.15, 0.2) is 16.1 Å². The molecule has 0 unspecified atom stereocenters. The Kier molecular flexibility index (Phi) is 3.86. The molecule has 0 spiro atoms. The fourth-order valence-electron chi connectivity index (χ4n) is 1.16. The molecule has 1 heterocycles. The summed E-state index contributed by atoms with van der Waals surface area (Å²) in [5, 5.41) is 13.8. The van der Waals surface area contributed by atoms with Gasteiger partial charge in [-0.3, -0.25) is 14.9 Å². The normalized spacial score (nSPS) is 8.76. The smallest absolute Gasteiger partial charge is 0.322 e. The molecule has 0 saturated heterocycles. The van der Waals surface area contributed by atoms with Crippen molar-refractivity contribution in [1.82, 2.24) is 4.98 Å². The Morgan fingerprint density at radius 1 is 1.71 bits per heavy atom. The second-order valence-corrected chi connectivity index (χ2v) is 2.95. The Morgan fingerprint density at radius 2 is 2.41 bits per heavy atom. The van der Waals surface area contributed by atoms with Crippen LogP contribution < -0.4 is 5.56 Å². The molecule has 1 rings (SSSR count). The molecule has 0 aliphatic carbocycles. The number of aromatic amines is 1. The number of nitrogens with one attached hydrogen (secondary N) is 1. The monoisotopic (exact) mass is 233 g/mol. The van der Waals surface area contributed by atoms with E-state index in [-0.39, 0.29) is 12.1 Å². The minimum absolute atomic E-state index is 0.0388. The highest BCUT2D eigenvalue weighted by atomic mass is 16.6. The molecular formula is C9H7N5O3. The lowest BCUT2D eigenvalue weighted by molar-refractivity contribution is -0.386. The van der Waals surface area contributed by atoms with Gasteiger partial charge in [0.15, 0.2) is 0 Å². The van der Waals surface area contributed by atoms with Crippen LogP contribution in [0.1, 0.15) is 11.1 Å². The molecule has 0 aliphatic rings. The van der Waals surface area contributed by atoms with Gasteiger partial charge in [-0.2, -0.15) is 0 Å². The number of hydrogen-bond acceptors (Lipinski definition) is 4. The Morgan fingerprint density at radius 3 is 3.00 bits per heavy atom. The highest BCUT2D eigenvalue weighted by Gasteiger charge is 2.18. The molecular weight excluding hydrogens is 226 g/mol. The van der Waals surface area contributed by atoms with Gasteiger partial charge in [0.2, 0.25) is 0 Å². The predicted molar refractivity (Wildman–Crippen MR) is 59.3 cm³/mol. The molecule has 0 amide bonds. The minimum atomic E-state index is -0.770. The summed E-state index contributed by atoms with van der Waals surface area (Å²) in [6, 6.07) is 0. The molecule has 8 heteroatoms. The van der Waals surface area contributed by atoms with Gasteiger partial charge >= 0.3 is 11.2 Å². The van der Waals surface area contributed by atoms with Gasteiger partial charge in [0.1, 0.15) is 0 Å². The second kappa shape index (κ2) is 5.34. The van der Waals surface area contributed by atoms with Gasteiger partial charge < -0.3 is 4.98 Å². The molecule has 1 N–H and O–H groups in total. The van der Waals surface area contributed by atoms with Crippen molar-refractivity contribution >= 4 is 5.69 Å². The fourth-order valence-corrected chi connectivity index (χ4v) is 1.16. The molecule has 0 radical (unpaired) electrons. The number of hydrogen-bond donors (Lipinski definition) is 1. The number of nitro groups is 1. The van der Waals surface area contributed by atoms with E-state index in [0.717, 1.165) is 0 Å². The third kappa shape index (κ3) is 2.84. The number of rotatable bonds is 2. The van der Waals surface area contributed by atoms with Gasteiger partial charge in [-0.25, -0.2) is 0 Å². The highest BCUT2D eigenvalue weighted by Crippen LogP contribution is 2.14. The molecule has 0 aromatic carbocycles. The standard InChI is InChI=1S/C9H7N5O3/c1-6-7(3-2-4-12-13-10)5-11-9(15)8(6)14(16)17/h5H,4H2,1H3,(H,11,15). The summed E-state index contributed by atoms with van der Waals surface area (Å²) >= 11 is 0. The Labute approximate surface area is 95.1 Å². The number of aromatic nitrogens is 1. The van der Waals surface area contributed by atoms with Crippen molar-refractivity contribution in [2.75, 3.05) is 6.54 Å². The quantitative estimate of drug-likeness (QED) is 0.206. The zero-order chi connectivity index (χ0) is 12.8. The van der Waals surface area contributed by atoms with Crippen molar-refractivity contribution in [2.45, 2.75) is 6.92 Å². The third-order valence-electron chi connectivity index (χ3n) is 1.94. The molecule has 86 valence electrons. The van der Waals surface area contributed by atoms with E-state index in [1.54, 1.807) is 0 Å². The Hall–Kier alpha value is -2.78. The maximum atomic E-state index is 11.2. The van der Waals surface area contributed by atoms with Gasteiger partial charge in [-0.15, -0.1) is 0 Å². The Balaban J connectivity index is 3.22. The van der Waals surface area contributed by atoms with Crippen LogP contribution in [-0.2, 0) is 0 Å². The van der Waals surface area contributed by atoms with Gasteiger partial charge in [-0.1, -0.05) is 17.0 Å². The number of pyridine rings is 1. The van der Waals surface area contributed by atoms with Crippen molar-refractivity contribution in [2.24, 2.45) is 5.11 Å². The van der Waals surface area contributed by atoms with Crippen molar-refractivity contribution in [3.05, 3.63) is 48.2 Å². The minimum Gasteiger partial charge on any atom is -0.322 e. The van der Waals surface area contributed by atoms with Crippen LogP contribution >= 0.6 is 0 Å². The van der Waals surface area contributed by atoms with Gasteiger partial charge in [0.25, 0.3) is 0 Å². The molecule has 0 fully saturated rings. The first-order chi connectivity index (χ1) is 8.07.